The third-order valence-corrected chi connectivity index (χ3v) is 4.19. The van der Waals surface area contributed by atoms with Crippen LogP contribution in [0.3, 0.4) is 0 Å². The Bertz CT molecular complexity index is 755. The molecule has 1 amide bonds. The van der Waals surface area contributed by atoms with Crippen LogP contribution < -0.4 is 15.2 Å². The van der Waals surface area contributed by atoms with Crippen molar-refractivity contribution in [3.8, 4) is 11.6 Å². The zero-order valence-corrected chi connectivity index (χ0v) is 14.0. The fourth-order valence-corrected chi connectivity index (χ4v) is 2.93. The molecule has 2 heterocycles. The van der Waals surface area contributed by atoms with E-state index in [9.17, 15) is 9.90 Å². The quantitative estimate of drug-likeness (QED) is 0.766. The first-order chi connectivity index (χ1) is 12.1. The first-order valence-electron chi connectivity index (χ1n) is 8.07. The molecule has 2 unspecified atom stereocenters. The number of primary amides is 1. The fourth-order valence-electron chi connectivity index (χ4n) is 2.93. The van der Waals surface area contributed by atoms with Crippen LogP contribution in [0.5, 0.6) is 11.6 Å². The molecule has 1 aromatic heterocycles. The van der Waals surface area contributed by atoms with E-state index >= 15 is 0 Å². The molecular weight excluding hydrogens is 324 g/mol. The summed E-state index contributed by atoms with van der Waals surface area (Å²) in [7, 11) is 1.59. The number of piperidine rings is 1. The van der Waals surface area contributed by atoms with Gasteiger partial charge in [-0.15, -0.1) is 0 Å². The Morgan fingerprint density at radius 3 is 3.04 bits per heavy atom. The maximum absolute atomic E-state index is 11.5. The number of carbonyl (C=O) groups excluding carboxylic acids is 1. The second kappa shape index (κ2) is 7.62. The summed E-state index contributed by atoms with van der Waals surface area (Å²) in [5.41, 5.74) is 6.81. The van der Waals surface area contributed by atoms with Crippen LogP contribution in [-0.4, -0.2) is 64.8 Å². The molecule has 1 aliphatic rings. The third kappa shape index (κ3) is 3.97. The summed E-state index contributed by atoms with van der Waals surface area (Å²) in [6.45, 7) is 1.41. The van der Waals surface area contributed by atoms with Crippen LogP contribution in [0.4, 0.5) is 0 Å². The number of nitrogens with zero attached hydrogens (tertiary/aromatic N) is 3. The van der Waals surface area contributed by atoms with E-state index in [0.717, 1.165) is 5.52 Å². The number of carbonyl (C=O) groups is 1. The predicted octanol–water partition coefficient (Wildman–Crippen LogP) is 0.142. The number of benzene rings is 1. The van der Waals surface area contributed by atoms with E-state index in [1.54, 1.807) is 25.8 Å². The topological polar surface area (TPSA) is 111 Å². The van der Waals surface area contributed by atoms with Crippen LogP contribution in [0, 0.1) is 6.42 Å². The lowest BCUT2D eigenvalue weighted by Gasteiger charge is -2.36. The molecule has 1 aliphatic heterocycles. The number of hydrogen-bond donors (Lipinski definition) is 2. The van der Waals surface area contributed by atoms with Crippen molar-refractivity contribution in [3.63, 3.8) is 0 Å². The molecule has 3 rings (SSSR count). The van der Waals surface area contributed by atoms with E-state index in [4.69, 9.17) is 15.2 Å². The lowest BCUT2D eigenvalue weighted by atomic mass is 9.98. The second-order valence-corrected chi connectivity index (χ2v) is 5.81. The van der Waals surface area contributed by atoms with Crippen molar-refractivity contribution in [1.82, 2.24) is 14.9 Å². The number of ether oxygens (including phenoxy) is 2. The number of aliphatic hydroxyl groups excluding tert-OH is 1. The molecule has 1 aromatic carbocycles. The Labute approximate surface area is 145 Å². The highest BCUT2D eigenvalue weighted by Crippen LogP contribution is 2.20. The second-order valence-electron chi connectivity index (χ2n) is 5.81. The summed E-state index contributed by atoms with van der Waals surface area (Å²) in [5.74, 6) is 0.545. The van der Waals surface area contributed by atoms with Gasteiger partial charge in [0.25, 0.3) is 0 Å². The highest BCUT2D eigenvalue weighted by Gasteiger charge is 2.34. The highest BCUT2D eigenvalue weighted by molar-refractivity contribution is 5.81. The normalized spacial score (nSPS) is 21.2. The van der Waals surface area contributed by atoms with Gasteiger partial charge in [0.15, 0.2) is 0 Å². The maximum Gasteiger partial charge on any atom is 0.237 e. The van der Waals surface area contributed by atoms with Crippen LogP contribution in [0.1, 0.15) is 6.42 Å². The maximum atomic E-state index is 11.5. The molecule has 0 saturated carbocycles. The molecule has 25 heavy (non-hydrogen) atoms. The summed E-state index contributed by atoms with van der Waals surface area (Å²) >= 11 is 0. The average Bonchev–Trinajstić information content (AvgIpc) is 2.60. The Morgan fingerprint density at radius 1 is 1.44 bits per heavy atom. The van der Waals surface area contributed by atoms with Crippen molar-refractivity contribution in [2.75, 3.05) is 26.8 Å². The molecule has 8 heteroatoms. The van der Waals surface area contributed by atoms with Crippen LogP contribution in [0.15, 0.2) is 24.4 Å². The molecule has 8 nitrogen and oxygen atoms in total. The summed E-state index contributed by atoms with van der Waals surface area (Å²) in [6.07, 6.45) is 3.11. The molecule has 2 atom stereocenters. The molecule has 3 N–H and O–H groups in total. The Morgan fingerprint density at radius 2 is 2.28 bits per heavy atom. The van der Waals surface area contributed by atoms with Crippen LogP contribution in [-0.2, 0) is 4.79 Å². The van der Waals surface area contributed by atoms with Gasteiger partial charge in [0.1, 0.15) is 18.4 Å². The van der Waals surface area contributed by atoms with E-state index < -0.39 is 18.1 Å². The number of likely N-dealkylation sites (tertiary alicyclic amines) is 1. The zero-order chi connectivity index (χ0) is 17.8. The fraction of sp³-hybridized carbons (Fsp3) is 0.412. The first-order valence-corrected chi connectivity index (χ1v) is 8.07. The standard InChI is InChI=1S/C17H21N4O4/c1-24-11-4-5-12-13(9-11)20-15(10-19-12)25-8-7-21-6-2-3-14(22)16(21)17(18)23/h3-5,9-10,14,16,22H,2,6-8H2,1H3,(H2,18,23). The number of aliphatic hydroxyl groups is 1. The molecule has 0 aliphatic carbocycles. The van der Waals surface area contributed by atoms with Gasteiger partial charge in [-0.1, -0.05) is 0 Å². The highest BCUT2D eigenvalue weighted by atomic mass is 16.5. The lowest BCUT2D eigenvalue weighted by Crippen LogP contribution is -2.56. The Kier molecular flexibility index (Phi) is 5.30. The van der Waals surface area contributed by atoms with Crippen LogP contribution in [0.2, 0.25) is 0 Å². The van der Waals surface area contributed by atoms with Gasteiger partial charge < -0.3 is 20.3 Å². The monoisotopic (exact) mass is 345 g/mol. The molecule has 2 aromatic rings. The summed E-state index contributed by atoms with van der Waals surface area (Å²) < 4.78 is 10.8. The van der Waals surface area contributed by atoms with Gasteiger partial charge in [-0.05, 0) is 31.5 Å². The molecule has 0 spiro atoms. The van der Waals surface area contributed by atoms with E-state index in [2.05, 4.69) is 9.97 Å². The molecule has 1 radical (unpaired) electrons. The van der Waals surface area contributed by atoms with Gasteiger partial charge in [0.2, 0.25) is 11.8 Å². The third-order valence-electron chi connectivity index (χ3n) is 4.19. The molecule has 133 valence electrons. The number of rotatable bonds is 6. The number of hydrogen-bond acceptors (Lipinski definition) is 7. The minimum Gasteiger partial charge on any atom is -0.497 e. The van der Waals surface area contributed by atoms with Gasteiger partial charge in [0.05, 0.1) is 30.4 Å². The summed E-state index contributed by atoms with van der Waals surface area (Å²) in [6, 6.07) is 4.72. The van der Waals surface area contributed by atoms with E-state index in [1.807, 2.05) is 17.0 Å². The van der Waals surface area contributed by atoms with Crippen LogP contribution >= 0.6 is 0 Å². The predicted molar refractivity (Wildman–Crippen MR) is 91.1 cm³/mol. The number of fused-ring (bicyclic) bond motifs is 1. The number of aromatic nitrogens is 2. The largest absolute Gasteiger partial charge is 0.497 e. The van der Waals surface area contributed by atoms with Crippen LogP contribution in [0.25, 0.3) is 11.0 Å². The number of amides is 1. The SMILES string of the molecule is COc1ccc2ncc(OCCN3CC[CH]C(O)C3C(N)=O)nc2c1. The van der Waals surface area contributed by atoms with Gasteiger partial charge in [-0.2, -0.15) is 0 Å². The number of methoxy groups -OCH3 is 1. The van der Waals surface area contributed by atoms with Gasteiger partial charge in [-0.25, -0.2) is 9.97 Å². The van der Waals surface area contributed by atoms with Crippen molar-refractivity contribution >= 4 is 16.9 Å². The van der Waals surface area contributed by atoms with Gasteiger partial charge in [-0.3, -0.25) is 9.69 Å². The number of nitrogens with two attached hydrogens (primary N) is 1. The average molecular weight is 345 g/mol. The smallest absolute Gasteiger partial charge is 0.237 e. The molecule has 1 saturated heterocycles. The van der Waals surface area contributed by atoms with Crippen molar-refractivity contribution < 1.29 is 19.4 Å². The van der Waals surface area contributed by atoms with Gasteiger partial charge in [0, 0.05) is 12.6 Å². The zero-order valence-electron chi connectivity index (χ0n) is 14.0. The minimum absolute atomic E-state index is 0.306. The van der Waals surface area contributed by atoms with Crippen molar-refractivity contribution in [1.29, 1.82) is 0 Å². The Balaban J connectivity index is 1.63. The summed E-state index contributed by atoms with van der Waals surface area (Å²) in [4.78, 5) is 22.1. The van der Waals surface area contributed by atoms with E-state index in [-0.39, 0.29) is 0 Å². The minimum atomic E-state index is -0.848. The van der Waals surface area contributed by atoms with E-state index in [1.165, 1.54) is 0 Å². The molecule has 0 bridgehead atoms. The van der Waals surface area contributed by atoms with Crippen molar-refractivity contribution in [2.45, 2.75) is 18.6 Å². The van der Waals surface area contributed by atoms with E-state index in [0.29, 0.717) is 43.3 Å². The molecule has 1 fully saturated rings. The Hall–Kier alpha value is -2.45. The van der Waals surface area contributed by atoms with Gasteiger partial charge >= 0.3 is 0 Å². The first kappa shape index (κ1) is 17.4. The van der Waals surface area contributed by atoms with Crippen molar-refractivity contribution in [3.05, 3.63) is 30.8 Å². The van der Waals surface area contributed by atoms with Crippen molar-refractivity contribution in [2.24, 2.45) is 5.73 Å². The molecular formula is C17H21N4O4. The summed E-state index contributed by atoms with van der Waals surface area (Å²) in [5, 5.41) is 9.92. The lowest BCUT2D eigenvalue weighted by molar-refractivity contribution is -0.128.